The Labute approximate surface area is 113 Å². The number of nitrogens with zero attached hydrogens (tertiary/aromatic N) is 1. The van der Waals surface area contributed by atoms with Crippen LogP contribution in [0.3, 0.4) is 0 Å². The summed E-state index contributed by atoms with van der Waals surface area (Å²) in [4.78, 5) is 2.62. The van der Waals surface area contributed by atoms with Crippen molar-refractivity contribution in [2.75, 3.05) is 39.4 Å². The normalized spacial score (nSPS) is 26.5. The molecular weight excluding hydrogens is 224 g/mol. The molecule has 1 aliphatic rings. The first-order valence-electron chi connectivity index (χ1n) is 7.70. The quantitative estimate of drug-likeness (QED) is 0.722. The highest BCUT2D eigenvalue weighted by Gasteiger charge is 2.34. The molecule has 1 aliphatic heterocycles. The number of ether oxygens (including phenoxy) is 1. The van der Waals surface area contributed by atoms with E-state index in [4.69, 9.17) is 4.74 Å². The van der Waals surface area contributed by atoms with Gasteiger partial charge in [0.2, 0.25) is 0 Å². The topological polar surface area (TPSA) is 24.5 Å². The Balaban J connectivity index is 2.63. The average Bonchev–Trinajstić information content (AvgIpc) is 2.43. The van der Waals surface area contributed by atoms with Gasteiger partial charge in [-0.2, -0.15) is 0 Å². The van der Waals surface area contributed by atoms with E-state index >= 15 is 0 Å². The van der Waals surface area contributed by atoms with Crippen LogP contribution < -0.4 is 5.32 Å². The van der Waals surface area contributed by atoms with Crippen LogP contribution >= 0.6 is 0 Å². The third kappa shape index (κ3) is 4.52. The number of rotatable bonds is 8. The van der Waals surface area contributed by atoms with E-state index in [2.05, 4.69) is 37.9 Å². The van der Waals surface area contributed by atoms with E-state index in [1.165, 1.54) is 25.8 Å². The fraction of sp³-hybridized carbons (Fsp3) is 1.00. The summed E-state index contributed by atoms with van der Waals surface area (Å²) in [6, 6.07) is 0.676. The van der Waals surface area contributed by atoms with Crippen LogP contribution in [0.1, 0.15) is 47.0 Å². The van der Waals surface area contributed by atoms with E-state index in [0.29, 0.717) is 11.5 Å². The molecule has 0 aromatic carbocycles. The van der Waals surface area contributed by atoms with Crippen LogP contribution in [0, 0.1) is 5.41 Å². The number of nitrogens with one attached hydrogen (secondary N) is 1. The van der Waals surface area contributed by atoms with E-state index in [-0.39, 0.29) is 0 Å². The predicted molar refractivity (Wildman–Crippen MR) is 78.0 cm³/mol. The minimum absolute atomic E-state index is 0.327. The van der Waals surface area contributed by atoms with Gasteiger partial charge in [0.25, 0.3) is 0 Å². The van der Waals surface area contributed by atoms with Crippen LogP contribution in [0.2, 0.25) is 0 Å². The highest BCUT2D eigenvalue weighted by atomic mass is 16.5. The Hall–Kier alpha value is -0.120. The maximum atomic E-state index is 5.77. The summed E-state index contributed by atoms with van der Waals surface area (Å²) in [5.74, 6) is 0. The summed E-state index contributed by atoms with van der Waals surface area (Å²) in [6.07, 6.45) is 3.74. The Kier molecular flexibility index (Phi) is 7.20. The van der Waals surface area contributed by atoms with Gasteiger partial charge in [-0.05, 0) is 39.3 Å². The average molecular weight is 256 g/mol. The fourth-order valence-corrected chi connectivity index (χ4v) is 2.89. The minimum Gasteiger partial charge on any atom is -0.381 e. The van der Waals surface area contributed by atoms with Crippen molar-refractivity contribution in [3.05, 3.63) is 0 Å². The van der Waals surface area contributed by atoms with Gasteiger partial charge in [-0.25, -0.2) is 0 Å². The Morgan fingerprint density at radius 3 is 2.61 bits per heavy atom. The highest BCUT2D eigenvalue weighted by Crippen LogP contribution is 2.30. The van der Waals surface area contributed by atoms with Gasteiger partial charge in [-0.1, -0.05) is 20.8 Å². The first-order valence-corrected chi connectivity index (χ1v) is 7.70. The van der Waals surface area contributed by atoms with Gasteiger partial charge in [-0.3, -0.25) is 0 Å². The maximum Gasteiger partial charge on any atom is 0.0546 e. The fourth-order valence-electron chi connectivity index (χ4n) is 2.89. The van der Waals surface area contributed by atoms with Gasteiger partial charge in [0.05, 0.1) is 6.61 Å². The summed E-state index contributed by atoms with van der Waals surface area (Å²) in [5.41, 5.74) is 0.327. The second-order valence-electron chi connectivity index (χ2n) is 5.76. The Bertz CT molecular complexity index is 215. The molecule has 108 valence electrons. The van der Waals surface area contributed by atoms with E-state index in [1.54, 1.807) is 0 Å². The molecule has 2 atom stereocenters. The zero-order valence-electron chi connectivity index (χ0n) is 12.8. The lowest BCUT2D eigenvalue weighted by molar-refractivity contribution is -0.0310. The summed E-state index contributed by atoms with van der Waals surface area (Å²) in [7, 11) is 0. The molecule has 1 saturated heterocycles. The molecule has 0 aromatic rings. The monoisotopic (exact) mass is 256 g/mol. The summed E-state index contributed by atoms with van der Waals surface area (Å²) >= 11 is 0. The van der Waals surface area contributed by atoms with Gasteiger partial charge in [0.1, 0.15) is 0 Å². The Morgan fingerprint density at radius 1 is 1.33 bits per heavy atom. The third-order valence-corrected chi connectivity index (χ3v) is 4.31. The lowest BCUT2D eigenvalue weighted by atomic mass is 9.81. The molecule has 0 bridgehead atoms. The lowest BCUT2D eigenvalue weighted by Gasteiger charge is -2.42. The molecule has 18 heavy (non-hydrogen) atoms. The molecule has 3 heteroatoms. The van der Waals surface area contributed by atoms with E-state index < -0.39 is 0 Å². The lowest BCUT2D eigenvalue weighted by Crippen LogP contribution is -2.50. The van der Waals surface area contributed by atoms with Crippen molar-refractivity contribution in [2.24, 2.45) is 5.41 Å². The molecule has 0 aromatic heterocycles. The third-order valence-electron chi connectivity index (χ3n) is 4.31. The molecular formula is C15H32N2O. The van der Waals surface area contributed by atoms with E-state index in [9.17, 15) is 0 Å². The van der Waals surface area contributed by atoms with Gasteiger partial charge < -0.3 is 15.0 Å². The summed E-state index contributed by atoms with van der Waals surface area (Å²) in [5, 5.41) is 3.54. The molecule has 0 spiro atoms. The first kappa shape index (κ1) is 15.9. The molecule has 1 fully saturated rings. The van der Waals surface area contributed by atoms with Gasteiger partial charge in [0, 0.05) is 31.2 Å². The first-order chi connectivity index (χ1) is 8.67. The molecule has 1 heterocycles. The molecule has 1 rings (SSSR count). The molecule has 0 saturated carbocycles. The van der Waals surface area contributed by atoms with Crippen LogP contribution in [-0.2, 0) is 4.74 Å². The van der Waals surface area contributed by atoms with Crippen LogP contribution in [-0.4, -0.2) is 50.3 Å². The largest absolute Gasteiger partial charge is 0.381 e. The van der Waals surface area contributed by atoms with Crippen LogP contribution in [0.4, 0.5) is 0 Å². The van der Waals surface area contributed by atoms with Crippen molar-refractivity contribution in [2.45, 2.75) is 53.0 Å². The number of hydrogen-bond acceptors (Lipinski definition) is 3. The van der Waals surface area contributed by atoms with Crippen molar-refractivity contribution >= 4 is 0 Å². The molecule has 0 aliphatic carbocycles. The molecule has 0 amide bonds. The predicted octanol–water partition coefficient (Wildman–Crippen LogP) is 2.51. The second kappa shape index (κ2) is 8.13. The molecule has 0 radical (unpaired) electrons. The Morgan fingerprint density at radius 2 is 2.11 bits per heavy atom. The van der Waals surface area contributed by atoms with Crippen molar-refractivity contribution in [1.29, 1.82) is 0 Å². The van der Waals surface area contributed by atoms with Crippen molar-refractivity contribution in [1.82, 2.24) is 10.2 Å². The standard InChI is InChI=1S/C15H32N2O/c1-5-14(4)17(7-3)12-15(11-16-6-2)9-8-10-18-13-15/h14,16H,5-13H2,1-4H3. The second-order valence-corrected chi connectivity index (χ2v) is 5.76. The minimum atomic E-state index is 0.327. The molecule has 3 nitrogen and oxygen atoms in total. The number of hydrogen-bond donors (Lipinski definition) is 1. The van der Waals surface area contributed by atoms with E-state index in [1.807, 2.05) is 0 Å². The zero-order valence-corrected chi connectivity index (χ0v) is 12.8. The zero-order chi connectivity index (χ0) is 13.4. The van der Waals surface area contributed by atoms with Crippen LogP contribution in [0.25, 0.3) is 0 Å². The molecule has 2 unspecified atom stereocenters. The van der Waals surface area contributed by atoms with Crippen molar-refractivity contribution in [3.8, 4) is 0 Å². The summed E-state index contributed by atoms with van der Waals surface area (Å²) in [6.45, 7) is 15.4. The maximum absolute atomic E-state index is 5.77. The molecule has 1 N–H and O–H groups in total. The highest BCUT2D eigenvalue weighted by molar-refractivity contribution is 4.88. The van der Waals surface area contributed by atoms with Crippen molar-refractivity contribution < 1.29 is 4.74 Å². The van der Waals surface area contributed by atoms with Gasteiger partial charge in [0.15, 0.2) is 0 Å². The smallest absolute Gasteiger partial charge is 0.0546 e. The van der Waals surface area contributed by atoms with Gasteiger partial charge in [-0.15, -0.1) is 0 Å². The SMILES string of the molecule is CCNCC1(CN(CC)C(C)CC)CCCOC1. The van der Waals surface area contributed by atoms with Gasteiger partial charge >= 0.3 is 0 Å². The van der Waals surface area contributed by atoms with Crippen molar-refractivity contribution in [3.63, 3.8) is 0 Å². The van der Waals surface area contributed by atoms with E-state index in [0.717, 1.165) is 32.8 Å². The van der Waals surface area contributed by atoms with Crippen LogP contribution in [0.5, 0.6) is 0 Å². The van der Waals surface area contributed by atoms with Crippen LogP contribution in [0.15, 0.2) is 0 Å². The summed E-state index contributed by atoms with van der Waals surface area (Å²) < 4.78 is 5.77.